The van der Waals surface area contributed by atoms with Crippen LogP contribution in [-0.2, 0) is 0 Å². The van der Waals surface area contributed by atoms with E-state index in [4.69, 9.17) is 4.74 Å². The molecule has 2 heterocycles. The minimum Gasteiger partial charge on any atom is -0.479 e. The molecule has 0 aliphatic carbocycles. The summed E-state index contributed by atoms with van der Waals surface area (Å²) in [6.07, 6.45) is 3.86. The van der Waals surface area contributed by atoms with Gasteiger partial charge < -0.3 is 15.0 Å². The van der Waals surface area contributed by atoms with Gasteiger partial charge in [0.05, 0.1) is 12.8 Å². The van der Waals surface area contributed by atoms with Gasteiger partial charge in [0.25, 0.3) is 0 Å². The Hall–Kier alpha value is -1.45. The molecular formula is C12H19N3O. The number of aromatic nitrogens is 1. The smallest absolute Gasteiger partial charge is 0.239 e. The maximum absolute atomic E-state index is 5.27. The predicted octanol–water partition coefficient (Wildman–Crippen LogP) is 2.12. The first kappa shape index (κ1) is 11.0. The lowest BCUT2D eigenvalue weighted by Gasteiger charge is -2.28. The summed E-state index contributed by atoms with van der Waals surface area (Å²) in [7, 11) is 3.53. The van der Waals surface area contributed by atoms with E-state index in [-0.39, 0.29) is 0 Å². The lowest BCUT2D eigenvalue weighted by atomic mass is 10.1. The fourth-order valence-electron chi connectivity index (χ4n) is 2.08. The van der Waals surface area contributed by atoms with Crippen LogP contribution in [0.15, 0.2) is 12.1 Å². The zero-order valence-electron chi connectivity index (χ0n) is 9.99. The van der Waals surface area contributed by atoms with Crippen LogP contribution in [0.5, 0.6) is 5.88 Å². The molecule has 0 unspecified atom stereocenters. The van der Waals surface area contributed by atoms with E-state index >= 15 is 0 Å². The standard InChI is InChI=1S/C12H19N3O/c1-13-10-6-7-11(14-12(10)16-2)15-8-4-3-5-9-15/h6-7,13H,3-5,8-9H2,1-2H3. The van der Waals surface area contributed by atoms with E-state index in [9.17, 15) is 0 Å². The third-order valence-electron chi connectivity index (χ3n) is 2.99. The fraction of sp³-hybridized carbons (Fsp3) is 0.583. The van der Waals surface area contributed by atoms with Crippen molar-refractivity contribution in [3.05, 3.63) is 12.1 Å². The average Bonchev–Trinajstić information content (AvgIpc) is 2.39. The molecule has 1 N–H and O–H groups in total. The molecule has 0 saturated carbocycles. The predicted molar refractivity (Wildman–Crippen MR) is 66.4 cm³/mol. The molecule has 4 heteroatoms. The van der Waals surface area contributed by atoms with Crippen molar-refractivity contribution in [2.45, 2.75) is 19.3 Å². The number of rotatable bonds is 3. The third-order valence-corrected chi connectivity index (χ3v) is 2.99. The summed E-state index contributed by atoms with van der Waals surface area (Å²) in [6, 6.07) is 4.08. The summed E-state index contributed by atoms with van der Waals surface area (Å²) in [5.41, 5.74) is 0.934. The molecule has 1 aliphatic rings. The van der Waals surface area contributed by atoms with Gasteiger partial charge in [0, 0.05) is 20.1 Å². The van der Waals surface area contributed by atoms with Gasteiger partial charge in [-0.15, -0.1) is 0 Å². The van der Waals surface area contributed by atoms with E-state index in [2.05, 4.69) is 21.3 Å². The molecule has 1 aliphatic heterocycles. The Labute approximate surface area is 96.6 Å². The first-order valence-corrected chi connectivity index (χ1v) is 5.83. The molecule has 0 aromatic carbocycles. The number of hydrogen-bond acceptors (Lipinski definition) is 4. The quantitative estimate of drug-likeness (QED) is 0.848. The first-order valence-electron chi connectivity index (χ1n) is 5.83. The number of ether oxygens (including phenoxy) is 1. The van der Waals surface area contributed by atoms with Gasteiger partial charge in [0.15, 0.2) is 0 Å². The van der Waals surface area contributed by atoms with Crippen LogP contribution in [0.3, 0.4) is 0 Å². The number of hydrogen-bond donors (Lipinski definition) is 1. The lowest BCUT2D eigenvalue weighted by Crippen LogP contribution is -2.30. The molecule has 0 atom stereocenters. The zero-order valence-corrected chi connectivity index (χ0v) is 9.99. The highest BCUT2D eigenvalue weighted by molar-refractivity contribution is 5.57. The number of pyridine rings is 1. The van der Waals surface area contributed by atoms with E-state index in [1.165, 1.54) is 19.3 Å². The molecule has 88 valence electrons. The van der Waals surface area contributed by atoms with Crippen LogP contribution in [-0.4, -0.2) is 32.2 Å². The van der Waals surface area contributed by atoms with Crippen molar-refractivity contribution in [2.24, 2.45) is 0 Å². The van der Waals surface area contributed by atoms with Crippen molar-refractivity contribution >= 4 is 11.5 Å². The van der Waals surface area contributed by atoms with E-state index < -0.39 is 0 Å². The zero-order chi connectivity index (χ0) is 11.4. The monoisotopic (exact) mass is 221 g/mol. The second-order valence-corrected chi connectivity index (χ2v) is 4.02. The average molecular weight is 221 g/mol. The molecule has 1 aromatic heterocycles. The Balaban J connectivity index is 2.20. The topological polar surface area (TPSA) is 37.4 Å². The van der Waals surface area contributed by atoms with Crippen LogP contribution in [0.2, 0.25) is 0 Å². The van der Waals surface area contributed by atoms with Crippen LogP contribution in [0, 0.1) is 0 Å². The number of methoxy groups -OCH3 is 1. The minimum atomic E-state index is 0.672. The number of anilines is 2. The second kappa shape index (κ2) is 5.05. The van der Waals surface area contributed by atoms with Crippen LogP contribution >= 0.6 is 0 Å². The van der Waals surface area contributed by atoms with Gasteiger partial charge in [0.1, 0.15) is 5.82 Å². The SMILES string of the molecule is CNc1ccc(N2CCCCC2)nc1OC. The van der Waals surface area contributed by atoms with E-state index in [1.54, 1.807) is 7.11 Å². The van der Waals surface area contributed by atoms with Gasteiger partial charge in [-0.1, -0.05) is 0 Å². The summed E-state index contributed by atoms with van der Waals surface area (Å²) in [5.74, 6) is 1.70. The van der Waals surface area contributed by atoms with Gasteiger partial charge in [-0.25, -0.2) is 0 Å². The molecule has 2 rings (SSSR count). The highest BCUT2D eigenvalue weighted by atomic mass is 16.5. The highest BCUT2D eigenvalue weighted by Gasteiger charge is 2.13. The Kier molecular flexibility index (Phi) is 3.49. The van der Waals surface area contributed by atoms with Crippen molar-refractivity contribution < 1.29 is 4.74 Å². The minimum absolute atomic E-state index is 0.672. The Morgan fingerprint density at radius 1 is 1.25 bits per heavy atom. The van der Waals surface area contributed by atoms with Crippen molar-refractivity contribution in [1.29, 1.82) is 0 Å². The summed E-state index contributed by atoms with van der Waals surface area (Å²) >= 11 is 0. The summed E-state index contributed by atoms with van der Waals surface area (Å²) in [5, 5.41) is 3.07. The Morgan fingerprint density at radius 2 is 2.00 bits per heavy atom. The van der Waals surface area contributed by atoms with Gasteiger partial charge in [-0.2, -0.15) is 4.98 Å². The normalized spacial score (nSPS) is 16.0. The van der Waals surface area contributed by atoms with Crippen LogP contribution < -0.4 is 15.0 Å². The molecule has 16 heavy (non-hydrogen) atoms. The van der Waals surface area contributed by atoms with Crippen molar-refractivity contribution in [3.8, 4) is 5.88 Å². The summed E-state index contributed by atoms with van der Waals surface area (Å²) < 4.78 is 5.27. The number of nitrogens with one attached hydrogen (secondary N) is 1. The van der Waals surface area contributed by atoms with E-state index in [1.807, 2.05) is 13.1 Å². The van der Waals surface area contributed by atoms with Crippen molar-refractivity contribution in [1.82, 2.24) is 4.98 Å². The first-order chi connectivity index (χ1) is 7.85. The van der Waals surface area contributed by atoms with Crippen LogP contribution in [0.1, 0.15) is 19.3 Å². The summed E-state index contributed by atoms with van der Waals surface area (Å²) in [4.78, 5) is 6.85. The second-order valence-electron chi connectivity index (χ2n) is 4.02. The number of nitrogens with zero attached hydrogens (tertiary/aromatic N) is 2. The molecule has 1 fully saturated rings. The van der Waals surface area contributed by atoms with Crippen LogP contribution in [0.25, 0.3) is 0 Å². The molecular weight excluding hydrogens is 202 g/mol. The van der Waals surface area contributed by atoms with Crippen molar-refractivity contribution in [2.75, 3.05) is 37.5 Å². The van der Waals surface area contributed by atoms with Crippen LogP contribution in [0.4, 0.5) is 11.5 Å². The summed E-state index contributed by atoms with van der Waals surface area (Å²) in [6.45, 7) is 2.21. The molecule has 4 nitrogen and oxygen atoms in total. The molecule has 0 radical (unpaired) electrons. The maximum Gasteiger partial charge on any atom is 0.239 e. The van der Waals surface area contributed by atoms with Gasteiger partial charge in [-0.3, -0.25) is 0 Å². The maximum atomic E-state index is 5.27. The lowest BCUT2D eigenvalue weighted by molar-refractivity contribution is 0.399. The molecule has 1 aromatic rings. The van der Waals surface area contributed by atoms with E-state index in [0.29, 0.717) is 5.88 Å². The largest absolute Gasteiger partial charge is 0.479 e. The van der Waals surface area contributed by atoms with Gasteiger partial charge in [0.2, 0.25) is 5.88 Å². The molecule has 0 bridgehead atoms. The number of piperidine rings is 1. The Bertz CT molecular complexity index is 348. The molecule has 1 saturated heterocycles. The van der Waals surface area contributed by atoms with E-state index in [0.717, 1.165) is 24.6 Å². The third kappa shape index (κ3) is 2.21. The van der Waals surface area contributed by atoms with Gasteiger partial charge >= 0.3 is 0 Å². The fourth-order valence-corrected chi connectivity index (χ4v) is 2.08. The molecule has 0 spiro atoms. The van der Waals surface area contributed by atoms with Gasteiger partial charge in [-0.05, 0) is 31.4 Å². The van der Waals surface area contributed by atoms with Crippen molar-refractivity contribution in [3.63, 3.8) is 0 Å². The highest BCUT2D eigenvalue weighted by Crippen LogP contribution is 2.26. The Morgan fingerprint density at radius 3 is 2.62 bits per heavy atom. The molecule has 0 amide bonds.